The van der Waals surface area contributed by atoms with E-state index in [1.807, 2.05) is 24.3 Å². The topological polar surface area (TPSA) is 80.0 Å². The number of aryl methyl sites for hydroxylation is 1. The minimum Gasteiger partial charge on any atom is -0.373 e. The number of nitrogens with one attached hydrogen (secondary N) is 2. The lowest BCUT2D eigenvalue weighted by molar-refractivity contribution is -0.121. The van der Waals surface area contributed by atoms with E-state index in [-0.39, 0.29) is 11.9 Å². The minimum atomic E-state index is -0.197. The number of carbonyl (C=O) groups excluding carboxylic acids is 1. The van der Waals surface area contributed by atoms with E-state index in [1.54, 1.807) is 6.92 Å². The van der Waals surface area contributed by atoms with E-state index in [4.69, 9.17) is 4.52 Å². The van der Waals surface area contributed by atoms with Gasteiger partial charge in [-0.05, 0) is 18.6 Å². The highest BCUT2D eigenvalue weighted by atomic mass is 16.5. The second kappa shape index (κ2) is 5.32. The van der Waals surface area contributed by atoms with Gasteiger partial charge in [0, 0.05) is 25.1 Å². The summed E-state index contributed by atoms with van der Waals surface area (Å²) in [5.41, 5.74) is 2.22. The molecule has 3 rings (SSSR count). The fourth-order valence-electron chi connectivity index (χ4n) is 2.31. The van der Waals surface area contributed by atoms with Gasteiger partial charge in [-0.2, -0.15) is 4.98 Å². The summed E-state index contributed by atoms with van der Waals surface area (Å²) in [6.07, 6.45) is 1.27. The molecule has 1 aliphatic rings. The molecule has 0 fully saturated rings. The van der Waals surface area contributed by atoms with Crippen molar-refractivity contribution in [1.29, 1.82) is 0 Å². The van der Waals surface area contributed by atoms with Crippen LogP contribution in [0.3, 0.4) is 0 Å². The number of benzene rings is 1. The average Bonchev–Trinajstić information content (AvgIpc) is 3.04. The molecular weight excluding hydrogens is 256 g/mol. The van der Waals surface area contributed by atoms with Gasteiger partial charge in [0.2, 0.25) is 11.8 Å². The molecule has 104 valence electrons. The van der Waals surface area contributed by atoms with Crippen LogP contribution < -0.4 is 10.6 Å². The zero-order chi connectivity index (χ0) is 13.9. The molecule has 2 aromatic rings. The SMILES string of the molecule is Cc1noc(CCNC(=O)[C@@H]2Cc3ccccc3N2)n1. The number of carbonyl (C=O) groups is 1. The summed E-state index contributed by atoms with van der Waals surface area (Å²) in [4.78, 5) is 16.2. The number of para-hydroxylation sites is 1. The van der Waals surface area contributed by atoms with Crippen molar-refractivity contribution in [2.45, 2.75) is 25.8 Å². The monoisotopic (exact) mass is 272 g/mol. The van der Waals surface area contributed by atoms with Gasteiger partial charge in [-0.3, -0.25) is 4.79 Å². The van der Waals surface area contributed by atoms with Crippen molar-refractivity contribution in [1.82, 2.24) is 15.5 Å². The first kappa shape index (κ1) is 12.7. The second-order valence-corrected chi connectivity index (χ2v) is 4.83. The van der Waals surface area contributed by atoms with Gasteiger partial charge in [0.25, 0.3) is 0 Å². The number of anilines is 1. The van der Waals surface area contributed by atoms with Crippen LogP contribution >= 0.6 is 0 Å². The Bertz CT molecular complexity index is 598. The summed E-state index contributed by atoms with van der Waals surface area (Å²) < 4.78 is 4.99. The van der Waals surface area contributed by atoms with Crippen molar-refractivity contribution in [2.24, 2.45) is 0 Å². The molecule has 1 atom stereocenters. The number of amides is 1. The van der Waals surface area contributed by atoms with Gasteiger partial charge in [0.05, 0.1) is 0 Å². The molecule has 1 amide bonds. The number of aromatic nitrogens is 2. The maximum absolute atomic E-state index is 12.1. The maximum Gasteiger partial charge on any atom is 0.242 e. The van der Waals surface area contributed by atoms with E-state index >= 15 is 0 Å². The Labute approximate surface area is 116 Å². The van der Waals surface area contributed by atoms with E-state index in [9.17, 15) is 4.79 Å². The fourth-order valence-corrected chi connectivity index (χ4v) is 2.31. The quantitative estimate of drug-likeness (QED) is 0.870. The summed E-state index contributed by atoms with van der Waals surface area (Å²) in [6.45, 7) is 2.26. The molecule has 6 nitrogen and oxygen atoms in total. The largest absolute Gasteiger partial charge is 0.373 e. The molecule has 0 bridgehead atoms. The molecule has 2 heterocycles. The van der Waals surface area contributed by atoms with Gasteiger partial charge in [-0.15, -0.1) is 0 Å². The van der Waals surface area contributed by atoms with Crippen molar-refractivity contribution in [3.05, 3.63) is 41.5 Å². The molecule has 0 saturated heterocycles. The fraction of sp³-hybridized carbons (Fsp3) is 0.357. The Morgan fingerprint density at radius 2 is 2.35 bits per heavy atom. The van der Waals surface area contributed by atoms with E-state index in [0.717, 1.165) is 12.1 Å². The minimum absolute atomic E-state index is 0.00237. The van der Waals surface area contributed by atoms with Crippen molar-refractivity contribution < 1.29 is 9.32 Å². The lowest BCUT2D eigenvalue weighted by atomic mass is 10.1. The maximum atomic E-state index is 12.1. The Hall–Kier alpha value is -2.37. The van der Waals surface area contributed by atoms with Gasteiger partial charge < -0.3 is 15.2 Å². The Kier molecular flexibility index (Phi) is 3.37. The first-order chi connectivity index (χ1) is 9.72. The Morgan fingerprint density at radius 3 is 3.10 bits per heavy atom. The lowest BCUT2D eigenvalue weighted by Crippen LogP contribution is -2.39. The van der Waals surface area contributed by atoms with Crippen LogP contribution in [0.4, 0.5) is 5.69 Å². The highest BCUT2D eigenvalue weighted by Crippen LogP contribution is 2.24. The van der Waals surface area contributed by atoms with Crippen molar-refractivity contribution in [2.75, 3.05) is 11.9 Å². The van der Waals surface area contributed by atoms with Crippen LogP contribution in [-0.2, 0) is 17.6 Å². The first-order valence-electron chi connectivity index (χ1n) is 6.64. The number of nitrogens with zero attached hydrogens (tertiary/aromatic N) is 2. The van der Waals surface area contributed by atoms with Gasteiger partial charge in [0.1, 0.15) is 6.04 Å². The van der Waals surface area contributed by atoms with Crippen LogP contribution in [0.15, 0.2) is 28.8 Å². The molecular formula is C14H16N4O2. The molecule has 0 saturated carbocycles. The van der Waals surface area contributed by atoms with Crippen LogP contribution in [0.5, 0.6) is 0 Å². The summed E-state index contributed by atoms with van der Waals surface area (Å²) in [5, 5.41) is 9.82. The van der Waals surface area contributed by atoms with E-state index in [0.29, 0.717) is 24.7 Å². The summed E-state index contributed by atoms with van der Waals surface area (Å²) in [6, 6.07) is 7.78. The predicted octanol–water partition coefficient (Wildman–Crippen LogP) is 1.07. The third-order valence-electron chi connectivity index (χ3n) is 3.30. The third-order valence-corrected chi connectivity index (χ3v) is 3.30. The molecule has 0 spiro atoms. The molecule has 1 aromatic carbocycles. The number of hydrogen-bond donors (Lipinski definition) is 2. The summed E-state index contributed by atoms with van der Waals surface area (Å²) in [5.74, 6) is 1.15. The van der Waals surface area contributed by atoms with Crippen LogP contribution in [0, 0.1) is 6.92 Å². The standard InChI is InChI=1S/C14H16N4O2/c1-9-16-13(20-18-9)6-7-15-14(19)12-8-10-4-2-3-5-11(10)17-12/h2-5,12,17H,6-8H2,1H3,(H,15,19)/t12-/m0/s1. The zero-order valence-corrected chi connectivity index (χ0v) is 11.2. The first-order valence-corrected chi connectivity index (χ1v) is 6.64. The number of hydrogen-bond acceptors (Lipinski definition) is 5. The van der Waals surface area contributed by atoms with Crippen LogP contribution in [0.2, 0.25) is 0 Å². The van der Waals surface area contributed by atoms with Crippen molar-refractivity contribution in [3.63, 3.8) is 0 Å². The van der Waals surface area contributed by atoms with Crippen molar-refractivity contribution >= 4 is 11.6 Å². The molecule has 6 heteroatoms. The average molecular weight is 272 g/mol. The molecule has 2 N–H and O–H groups in total. The lowest BCUT2D eigenvalue weighted by Gasteiger charge is -2.11. The van der Waals surface area contributed by atoms with Gasteiger partial charge in [0.15, 0.2) is 5.82 Å². The summed E-state index contributed by atoms with van der Waals surface area (Å²) in [7, 11) is 0. The molecule has 0 aliphatic carbocycles. The Balaban J connectivity index is 1.49. The molecule has 1 aliphatic heterocycles. The van der Waals surface area contributed by atoms with Gasteiger partial charge >= 0.3 is 0 Å². The smallest absolute Gasteiger partial charge is 0.242 e. The third kappa shape index (κ3) is 2.64. The van der Waals surface area contributed by atoms with Gasteiger partial charge in [-0.1, -0.05) is 23.4 Å². The van der Waals surface area contributed by atoms with E-state index in [2.05, 4.69) is 20.8 Å². The molecule has 20 heavy (non-hydrogen) atoms. The normalized spacial score (nSPS) is 16.6. The van der Waals surface area contributed by atoms with Crippen LogP contribution in [-0.4, -0.2) is 28.6 Å². The molecule has 1 aromatic heterocycles. The van der Waals surface area contributed by atoms with Crippen LogP contribution in [0.25, 0.3) is 0 Å². The number of rotatable bonds is 4. The number of fused-ring (bicyclic) bond motifs is 1. The van der Waals surface area contributed by atoms with Gasteiger partial charge in [-0.25, -0.2) is 0 Å². The second-order valence-electron chi connectivity index (χ2n) is 4.83. The predicted molar refractivity (Wildman–Crippen MR) is 73.3 cm³/mol. The Morgan fingerprint density at radius 1 is 1.50 bits per heavy atom. The van der Waals surface area contributed by atoms with E-state index < -0.39 is 0 Å². The van der Waals surface area contributed by atoms with E-state index in [1.165, 1.54) is 5.56 Å². The zero-order valence-electron chi connectivity index (χ0n) is 11.2. The highest BCUT2D eigenvalue weighted by molar-refractivity contribution is 5.87. The molecule has 0 unspecified atom stereocenters. The van der Waals surface area contributed by atoms with Crippen molar-refractivity contribution in [3.8, 4) is 0 Å². The highest BCUT2D eigenvalue weighted by Gasteiger charge is 2.25. The summed E-state index contributed by atoms with van der Waals surface area (Å²) >= 11 is 0. The van der Waals surface area contributed by atoms with Crippen LogP contribution in [0.1, 0.15) is 17.3 Å². The molecule has 0 radical (unpaired) electrons.